The molecule has 8 heteroatoms. The molecule has 0 aliphatic carbocycles. The summed E-state index contributed by atoms with van der Waals surface area (Å²) in [6.45, 7) is 1.75. The first kappa shape index (κ1) is 15.3. The Morgan fingerprint density at radius 2 is 2.05 bits per heavy atom. The molecular weight excluding hydrogens is 293 g/mol. The number of halogens is 1. The molecule has 1 heterocycles. The molecule has 21 heavy (non-hydrogen) atoms. The summed E-state index contributed by atoms with van der Waals surface area (Å²) >= 11 is 1.18. The highest BCUT2D eigenvalue weighted by molar-refractivity contribution is 8.00. The van der Waals surface area contributed by atoms with Gasteiger partial charge in [0.25, 0.3) is 0 Å². The van der Waals surface area contributed by atoms with Gasteiger partial charge in [-0.2, -0.15) is 0 Å². The van der Waals surface area contributed by atoms with Crippen LogP contribution in [0, 0.1) is 5.82 Å². The van der Waals surface area contributed by atoms with Crippen LogP contribution in [0.5, 0.6) is 0 Å². The first-order chi connectivity index (χ1) is 9.91. The van der Waals surface area contributed by atoms with E-state index < -0.39 is 5.82 Å². The van der Waals surface area contributed by atoms with Crippen molar-refractivity contribution in [2.45, 2.75) is 17.3 Å². The van der Waals surface area contributed by atoms with Crippen LogP contribution in [0.1, 0.15) is 6.92 Å². The van der Waals surface area contributed by atoms with Gasteiger partial charge in [0, 0.05) is 14.1 Å². The molecule has 2 rings (SSSR count). The Morgan fingerprint density at radius 3 is 2.67 bits per heavy atom. The van der Waals surface area contributed by atoms with Crippen molar-refractivity contribution in [3.63, 3.8) is 0 Å². The van der Waals surface area contributed by atoms with Crippen LogP contribution in [0.2, 0.25) is 0 Å². The molecule has 112 valence electrons. The van der Waals surface area contributed by atoms with E-state index in [4.69, 9.17) is 5.84 Å². The predicted molar refractivity (Wildman–Crippen MR) is 79.6 cm³/mol. The summed E-state index contributed by atoms with van der Waals surface area (Å²) in [7, 11) is 3.36. The SMILES string of the molecule is C[C@H](Sc1nnc(-c2ccccc2F)n1N)C(=O)N(C)C. The number of carbonyl (C=O) groups is 1. The summed E-state index contributed by atoms with van der Waals surface area (Å²) in [6, 6.07) is 6.18. The third-order valence-electron chi connectivity index (χ3n) is 2.85. The van der Waals surface area contributed by atoms with Gasteiger partial charge in [0.1, 0.15) is 5.82 Å². The van der Waals surface area contributed by atoms with Crippen LogP contribution >= 0.6 is 11.8 Å². The van der Waals surface area contributed by atoms with Crippen molar-refractivity contribution in [3.05, 3.63) is 30.1 Å². The van der Waals surface area contributed by atoms with Crippen LogP contribution < -0.4 is 5.84 Å². The van der Waals surface area contributed by atoms with Crippen molar-refractivity contribution in [3.8, 4) is 11.4 Å². The van der Waals surface area contributed by atoms with Crippen LogP contribution in [0.3, 0.4) is 0 Å². The third-order valence-corrected chi connectivity index (χ3v) is 3.89. The van der Waals surface area contributed by atoms with Gasteiger partial charge in [-0.25, -0.2) is 9.07 Å². The van der Waals surface area contributed by atoms with Crippen molar-refractivity contribution >= 4 is 17.7 Å². The summed E-state index contributed by atoms with van der Waals surface area (Å²) in [6.07, 6.45) is 0. The fourth-order valence-electron chi connectivity index (χ4n) is 1.76. The molecule has 0 unspecified atom stereocenters. The number of nitrogens with two attached hydrogens (primary N) is 1. The average Bonchev–Trinajstić information content (AvgIpc) is 2.80. The molecule has 1 amide bonds. The molecule has 1 aromatic carbocycles. The zero-order valence-electron chi connectivity index (χ0n) is 11.9. The quantitative estimate of drug-likeness (QED) is 0.682. The van der Waals surface area contributed by atoms with Gasteiger partial charge in [0.2, 0.25) is 11.1 Å². The van der Waals surface area contributed by atoms with Crippen molar-refractivity contribution in [1.29, 1.82) is 0 Å². The number of hydrogen-bond donors (Lipinski definition) is 1. The topological polar surface area (TPSA) is 77.0 Å². The first-order valence-electron chi connectivity index (χ1n) is 6.25. The highest BCUT2D eigenvalue weighted by Gasteiger charge is 2.21. The number of amides is 1. The molecule has 0 bridgehead atoms. The highest BCUT2D eigenvalue weighted by atomic mass is 32.2. The number of benzene rings is 1. The lowest BCUT2D eigenvalue weighted by molar-refractivity contribution is -0.127. The van der Waals surface area contributed by atoms with Crippen molar-refractivity contribution in [2.24, 2.45) is 0 Å². The van der Waals surface area contributed by atoms with Crippen LogP contribution in [-0.2, 0) is 4.79 Å². The van der Waals surface area contributed by atoms with E-state index in [0.717, 1.165) is 0 Å². The van der Waals surface area contributed by atoms with Gasteiger partial charge >= 0.3 is 0 Å². The summed E-state index contributed by atoms with van der Waals surface area (Å²) in [5.41, 5.74) is 0.269. The lowest BCUT2D eigenvalue weighted by Gasteiger charge is -2.15. The van der Waals surface area contributed by atoms with Crippen molar-refractivity contribution in [2.75, 3.05) is 19.9 Å². The molecular formula is C13H16FN5OS. The van der Waals surface area contributed by atoms with Gasteiger partial charge in [0.05, 0.1) is 10.8 Å². The smallest absolute Gasteiger partial charge is 0.235 e. The number of hydrogen-bond acceptors (Lipinski definition) is 5. The first-order valence-corrected chi connectivity index (χ1v) is 7.13. The van der Waals surface area contributed by atoms with Crippen LogP contribution in [0.15, 0.2) is 29.4 Å². The largest absolute Gasteiger partial charge is 0.348 e. The number of carbonyl (C=O) groups excluding carboxylic acids is 1. The average molecular weight is 309 g/mol. The molecule has 0 aliphatic rings. The lowest BCUT2D eigenvalue weighted by atomic mass is 10.2. The van der Waals surface area contributed by atoms with Gasteiger partial charge < -0.3 is 10.7 Å². The molecule has 0 aliphatic heterocycles. The monoisotopic (exact) mass is 309 g/mol. The molecule has 1 aromatic heterocycles. The molecule has 6 nitrogen and oxygen atoms in total. The van der Waals surface area contributed by atoms with Crippen LogP contribution in [-0.4, -0.2) is 45.0 Å². The van der Waals surface area contributed by atoms with E-state index >= 15 is 0 Å². The number of nitrogen functional groups attached to an aromatic ring is 1. The Bertz CT molecular complexity index is 658. The summed E-state index contributed by atoms with van der Waals surface area (Å²) in [4.78, 5) is 13.3. The van der Waals surface area contributed by atoms with Gasteiger partial charge in [-0.3, -0.25) is 4.79 Å². The Kier molecular flexibility index (Phi) is 4.46. The van der Waals surface area contributed by atoms with E-state index in [-0.39, 0.29) is 22.5 Å². The summed E-state index contributed by atoms with van der Waals surface area (Å²) in [5, 5.41) is 7.83. The van der Waals surface area contributed by atoms with E-state index in [2.05, 4.69) is 10.2 Å². The second kappa shape index (κ2) is 6.13. The van der Waals surface area contributed by atoms with Crippen LogP contribution in [0.4, 0.5) is 4.39 Å². The van der Waals surface area contributed by atoms with E-state index in [1.54, 1.807) is 39.2 Å². The fraction of sp³-hybridized carbons (Fsp3) is 0.308. The predicted octanol–water partition coefficient (Wildman–Crippen LogP) is 1.37. The van der Waals surface area contributed by atoms with E-state index in [1.807, 2.05) is 0 Å². The van der Waals surface area contributed by atoms with Crippen molar-refractivity contribution < 1.29 is 9.18 Å². The van der Waals surface area contributed by atoms with Gasteiger partial charge in [-0.15, -0.1) is 10.2 Å². The fourth-order valence-corrected chi connectivity index (χ4v) is 2.67. The lowest BCUT2D eigenvalue weighted by Crippen LogP contribution is -2.30. The standard InChI is InChI=1S/C13H16FN5OS/c1-8(12(20)18(2)3)21-13-17-16-11(19(13)15)9-6-4-5-7-10(9)14/h4-8H,15H2,1-3H3/t8-/m0/s1. The second-order valence-corrected chi connectivity index (χ2v) is 5.96. The van der Waals surface area contributed by atoms with E-state index in [1.165, 1.54) is 27.4 Å². The zero-order chi connectivity index (χ0) is 15.6. The third kappa shape index (κ3) is 3.15. The van der Waals surface area contributed by atoms with Crippen molar-refractivity contribution in [1.82, 2.24) is 19.8 Å². The summed E-state index contributed by atoms with van der Waals surface area (Å²) in [5.74, 6) is 5.65. The molecule has 0 fully saturated rings. The van der Waals surface area contributed by atoms with E-state index in [9.17, 15) is 9.18 Å². The molecule has 2 aromatic rings. The van der Waals surface area contributed by atoms with Gasteiger partial charge in [-0.05, 0) is 19.1 Å². The maximum atomic E-state index is 13.8. The Morgan fingerprint density at radius 1 is 1.38 bits per heavy atom. The number of thioether (sulfide) groups is 1. The normalized spacial score (nSPS) is 12.2. The minimum atomic E-state index is -0.425. The molecule has 0 spiro atoms. The Balaban J connectivity index is 2.26. The zero-order valence-corrected chi connectivity index (χ0v) is 12.8. The molecule has 0 saturated carbocycles. The second-order valence-electron chi connectivity index (χ2n) is 4.65. The Hall–Kier alpha value is -2.09. The molecule has 1 atom stereocenters. The maximum absolute atomic E-state index is 13.8. The maximum Gasteiger partial charge on any atom is 0.235 e. The summed E-state index contributed by atoms with van der Waals surface area (Å²) < 4.78 is 15.0. The minimum absolute atomic E-state index is 0.0598. The number of rotatable bonds is 4. The molecule has 2 N–H and O–H groups in total. The van der Waals surface area contributed by atoms with Crippen LogP contribution in [0.25, 0.3) is 11.4 Å². The van der Waals surface area contributed by atoms with Gasteiger partial charge in [-0.1, -0.05) is 23.9 Å². The van der Waals surface area contributed by atoms with Gasteiger partial charge in [0.15, 0.2) is 5.82 Å². The number of aromatic nitrogens is 3. The highest BCUT2D eigenvalue weighted by Crippen LogP contribution is 2.26. The minimum Gasteiger partial charge on any atom is -0.348 e. The Labute approximate surface area is 126 Å². The number of nitrogens with zero attached hydrogens (tertiary/aromatic N) is 4. The molecule has 0 saturated heterocycles. The van der Waals surface area contributed by atoms with E-state index in [0.29, 0.717) is 5.16 Å². The molecule has 0 radical (unpaired) electrons.